The predicted molar refractivity (Wildman–Crippen MR) is 51.2 cm³/mol. The van der Waals surface area contributed by atoms with Gasteiger partial charge in [-0.25, -0.2) is 0 Å². The monoisotopic (exact) mass is 184 g/mol. The molecule has 0 aliphatic heterocycles. The zero-order chi connectivity index (χ0) is 10.1. The van der Waals surface area contributed by atoms with Crippen LogP contribution in [0.1, 0.15) is 6.92 Å². The second-order valence-electron chi connectivity index (χ2n) is 2.66. The molecule has 0 heterocycles. The number of amides is 1. The highest BCUT2D eigenvalue weighted by Crippen LogP contribution is 1.87. The Morgan fingerprint density at radius 2 is 2.38 bits per heavy atom. The van der Waals surface area contributed by atoms with Gasteiger partial charge in [0, 0.05) is 6.54 Å². The number of hydrogen-bond donors (Lipinski definition) is 2. The molecule has 0 aromatic rings. The number of rotatable bonds is 6. The van der Waals surface area contributed by atoms with Crippen LogP contribution >= 0.6 is 0 Å². The van der Waals surface area contributed by atoms with Crippen molar-refractivity contribution in [3.8, 4) is 12.3 Å². The van der Waals surface area contributed by atoms with Crippen LogP contribution in [0.4, 0.5) is 0 Å². The first-order valence-corrected chi connectivity index (χ1v) is 4.17. The maximum atomic E-state index is 11.0. The summed E-state index contributed by atoms with van der Waals surface area (Å²) >= 11 is 0. The van der Waals surface area contributed by atoms with Crippen LogP contribution in [0.2, 0.25) is 0 Å². The number of hydrogen-bond acceptors (Lipinski definition) is 3. The van der Waals surface area contributed by atoms with Crippen LogP contribution in [0.15, 0.2) is 0 Å². The maximum absolute atomic E-state index is 11.0. The lowest BCUT2D eigenvalue weighted by Crippen LogP contribution is -2.32. The van der Waals surface area contributed by atoms with Gasteiger partial charge >= 0.3 is 0 Å². The Morgan fingerprint density at radius 3 is 2.92 bits per heavy atom. The Morgan fingerprint density at radius 1 is 1.69 bits per heavy atom. The summed E-state index contributed by atoms with van der Waals surface area (Å²) in [4.78, 5) is 11.0. The Kier molecular flexibility index (Phi) is 6.98. The van der Waals surface area contributed by atoms with Gasteiger partial charge in [0.25, 0.3) is 0 Å². The second-order valence-corrected chi connectivity index (χ2v) is 2.66. The lowest BCUT2D eigenvalue weighted by Gasteiger charge is -2.11. The zero-order valence-electron chi connectivity index (χ0n) is 8.09. The highest BCUT2D eigenvalue weighted by Gasteiger charge is 2.04. The van der Waals surface area contributed by atoms with Crippen molar-refractivity contribution in [2.75, 3.05) is 26.7 Å². The second kappa shape index (κ2) is 7.59. The van der Waals surface area contributed by atoms with E-state index >= 15 is 0 Å². The lowest BCUT2D eigenvalue weighted by atomic mass is 10.4. The molecule has 0 aliphatic carbocycles. The van der Waals surface area contributed by atoms with Crippen molar-refractivity contribution >= 4 is 5.91 Å². The molecule has 1 atom stereocenters. The molecule has 0 saturated heterocycles. The molecular formula is C9H16N2O2. The molecule has 0 aliphatic rings. The highest BCUT2D eigenvalue weighted by atomic mass is 16.5. The van der Waals surface area contributed by atoms with Crippen molar-refractivity contribution in [2.24, 2.45) is 0 Å². The fraction of sp³-hybridized carbons (Fsp3) is 0.667. The minimum atomic E-state index is -0.180. The van der Waals surface area contributed by atoms with E-state index < -0.39 is 0 Å². The van der Waals surface area contributed by atoms with Gasteiger partial charge in [0.15, 0.2) is 0 Å². The van der Waals surface area contributed by atoms with Crippen molar-refractivity contribution in [2.45, 2.75) is 13.0 Å². The van der Waals surface area contributed by atoms with E-state index in [0.717, 1.165) is 6.54 Å². The average molecular weight is 184 g/mol. The maximum Gasteiger partial charge on any atom is 0.246 e. The van der Waals surface area contributed by atoms with Crippen LogP contribution in [0, 0.1) is 12.3 Å². The molecule has 0 saturated carbocycles. The molecule has 74 valence electrons. The predicted octanol–water partition coefficient (Wildman–Crippen LogP) is -0.640. The molecule has 1 unspecified atom stereocenters. The topological polar surface area (TPSA) is 50.4 Å². The van der Waals surface area contributed by atoms with Gasteiger partial charge in [-0.1, -0.05) is 5.92 Å². The molecule has 4 heteroatoms. The summed E-state index contributed by atoms with van der Waals surface area (Å²) in [5.41, 5.74) is 0. The summed E-state index contributed by atoms with van der Waals surface area (Å²) in [7, 11) is 1.83. The molecule has 2 N–H and O–H groups in total. The molecule has 0 bridgehead atoms. The van der Waals surface area contributed by atoms with Crippen molar-refractivity contribution < 1.29 is 9.53 Å². The van der Waals surface area contributed by atoms with Crippen molar-refractivity contribution in [1.29, 1.82) is 0 Å². The summed E-state index contributed by atoms with van der Waals surface area (Å²) in [5.74, 6) is 2.13. The Bertz CT molecular complexity index is 187. The van der Waals surface area contributed by atoms with E-state index in [-0.39, 0.29) is 25.2 Å². The Labute approximate surface area is 79.0 Å². The quantitative estimate of drug-likeness (QED) is 0.540. The number of likely N-dealkylation sites (N-methyl/N-ethyl adjacent to an activating group) is 1. The van der Waals surface area contributed by atoms with E-state index in [1.165, 1.54) is 0 Å². The van der Waals surface area contributed by atoms with Gasteiger partial charge < -0.3 is 15.4 Å². The van der Waals surface area contributed by atoms with Gasteiger partial charge in [-0.3, -0.25) is 4.79 Å². The van der Waals surface area contributed by atoms with Gasteiger partial charge in [-0.05, 0) is 14.0 Å². The number of carbonyl (C=O) groups is 1. The smallest absolute Gasteiger partial charge is 0.246 e. The minimum absolute atomic E-state index is 0.0292. The van der Waals surface area contributed by atoms with Crippen LogP contribution in [0.5, 0.6) is 0 Å². The molecule has 13 heavy (non-hydrogen) atoms. The zero-order valence-corrected chi connectivity index (χ0v) is 8.09. The molecule has 0 rings (SSSR count). The SMILES string of the molecule is C#CCNC(=O)COC(C)CNC. The Hall–Kier alpha value is -1.05. The van der Waals surface area contributed by atoms with Gasteiger partial charge in [-0.15, -0.1) is 6.42 Å². The summed E-state index contributed by atoms with van der Waals surface area (Å²) in [6.07, 6.45) is 4.99. The number of ether oxygens (including phenoxy) is 1. The van der Waals surface area contributed by atoms with E-state index in [2.05, 4.69) is 16.6 Å². The molecule has 1 amide bonds. The van der Waals surface area contributed by atoms with Gasteiger partial charge in [0.1, 0.15) is 6.61 Å². The summed E-state index contributed by atoms with van der Waals surface area (Å²) in [5, 5.41) is 5.45. The normalized spacial score (nSPS) is 11.8. The largest absolute Gasteiger partial charge is 0.367 e. The van der Waals surface area contributed by atoms with E-state index in [9.17, 15) is 4.79 Å². The third-order valence-corrected chi connectivity index (χ3v) is 1.38. The first-order chi connectivity index (χ1) is 6.20. The minimum Gasteiger partial charge on any atom is -0.367 e. The van der Waals surface area contributed by atoms with Crippen LogP contribution in [0.25, 0.3) is 0 Å². The number of nitrogens with one attached hydrogen (secondary N) is 2. The van der Waals surface area contributed by atoms with Crippen LogP contribution in [0.3, 0.4) is 0 Å². The first kappa shape index (κ1) is 11.9. The van der Waals surface area contributed by atoms with E-state index in [1.54, 1.807) is 0 Å². The molecule has 0 aromatic heterocycles. The van der Waals surface area contributed by atoms with Crippen molar-refractivity contribution in [3.63, 3.8) is 0 Å². The van der Waals surface area contributed by atoms with Gasteiger partial charge in [0.05, 0.1) is 12.6 Å². The lowest BCUT2D eigenvalue weighted by molar-refractivity contribution is -0.127. The summed E-state index contributed by atoms with van der Waals surface area (Å²) in [6, 6.07) is 0. The van der Waals surface area contributed by atoms with E-state index in [0.29, 0.717) is 0 Å². The van der Waals surface area contributed by atoms with E-state index in [4.69, 9.17) is 11.2 Å². The fourth-order valence-electron chi connectivity index (χ4n) is 0.765. The van der Waals surface area contributed by atoms with Gasteiger partial charge in [-0.2, -0.15) is 0 Å². The Balaban J connectivity index is 3.41. The molecule has 0 aromatic carbocycles. The average Bonchev–Trinajstić information content (AvgIpc) is 2.12. The fourth-order valence-corrected chi connectivity index (χ4v) is 0.765. The van der Waals surface area contributed by atoms with Crippen molar-refractivity contribution in [3.05, 3.63) is 0 Å². The third-order valence-electron chi connectivity index (χ3n) is 1.38. The van der Waals surface area contributed by atoms with Gasteiger partial charge in [0.2, 0.25) is 5.91 Å². The molecule has 0 fully saturated rings. The third kappa shape index (κ3) is 7.32. The first-order valence-electron chi connectivity index (χ1n) is 4.17. The number of terminal acetylenes is 1. The van der Waals surface area contributed by atoms with Crippen LogP contribution in [-0.4, -0.2) is 38.8 Å². The molecule has 0 spiro atoms. The van der Waals surface area contributed by atoms with Crippen LogP contribution < -0.4 is 10.6 Å². The number of carbonyl (C=O) groups excluding carboxylic acids is 1. The standard InChI is InChI=1S/C9H16N2O2/c1-4-5-11-9(12)7-13-8(2)6-10-3/h1,8,10H,5-7H2,2-3H3,(H,11,12). The molecule has 0 radical (unpaired) electrons. The van der Waals surface area contributed by atoms with Crippen LogP contribution in [-0.2, 0) is 9.53 Å². The summed E-state index contributed by atoms with van der Waals surface area (Å²) < 4.78 is 5.20. The molecule has 4 nitrogen and oxygen atoms in total. The molecular weight excluding hydrogens is 168 g/mol. The van der Waals surface area contributed by atoms with Crippen molar-refractivity contribution in [1.82, 2.24) is 10.6 Å². The summed E-state index contributed by atoms with van der Waals surface area (Å²) in [6.45, 7) is 2.93. The van der Waals surface area contributed by atoms with E-state index in [1.807, 2.05) is 14.0 Å². The highest BCUT2D eigenvalue weighted by molar-refractivity contribution is 5.77.